The number of aromatic nitrogens is 3. The first-order chi connectivity index (χ1) is 11.2. The van der Waals surface area contributed by atoms with Gasteiger partial charge in [-0.15, -0.1) is 0 Å². The molecule has 0 aliphatic carbocycles. The van der Waals surface area contributed by atoms with E-state index in [1.165, 1.54) is 7.11 Å². The van der Waals surface area contributed by atoms with Crippen LogP contribution in [0.1, 0.15) is 5.56 Å². The highest BCUT2D eigenvalue weighted by molar-refractivity contribution is 5.62. The van der Waals surface area contributed by atoms with Crippen molar-refractivity contribution in [2.75, 3.05) is 18.2 Å². The zero-order chi connectivity index (χ0) is 16.1. The van der Waals surface area contributed by atoms with Gasteiger partial charge in [-0.25, -0.2) is 0 Å². The van der Waals surface area contributed by atoms with Crippen molar-refractivity contribution < 1.29 is 4.74 Å². The molecule has 6 heteroatoms. The Morgan fingerprint density at radius 2 is 1.83 bits per heavy atom. The van der Waals surface area contributed by atoms with Crippen LogP contribution in [0.2, 0.25) is 0 Å². The number of hydrogen-bond acceptors (Lipinski definition) is 6. The number of ether oxygens (including phenoxy) is 1. The Morgan fingerprint density at radius 1 is 1.00 bits per heavy atom. The summed E-state index contributed by atoms with van der Waals surface area (Å²) in [4.78, 5) is 12.9. The molecule has 0 bridgehead atoms. The Morgan fingerprint density at radius 3 is 2.57 bits per heavy atom. The maximum absolute atomic E-state index is 5.82. The van der Waals surface area contributed by atoms with E-state index in [4.69, 9.17) is 10.5 Å². The molecular formula is C17H17N5O. The largest absolute Gasteiger partial charge is 0.467 e. The van der Waals surface area contributed by atoms with E-state index in [0.29, 0.717) is 24.0 Å². The topological polar surface area (TPSA) is 86.0 Å². The molecule has 0 fully saturated rings. The van der Waals surface area contributed by atoms with E-state index >= 15 is 0 Å². The number of nitrogens with zero attached hydrogens (tertiary/aromatic N) is 3. The number of hydrogen-bond donors (Lipinski definition) is 2. The third-order valence-corrected chi connectivity index (χ3v) is 3.24. The Labute approximate surface area is 134 Å². The van der Waals surface area contributed by atoms with Crippen LogP contribution in [0.3, 0.4) is 0 Å². The van der Waals surface area contributed by atoms with Crippen LogP contribution in [0.25, 0.3) is 11.4 Å². The molecule has 1 heterocycles. The normalized spacial score (nSPS) is 10.3. The van der Waals surface area contributed by atoms with Gasteiger partial charge in [0.25, 0.3) is 0 Å². The number of anilines is 2. The zero-order valence-electron chi connectivity index (χ0n) is 12.7. The number of benzene rings is 2. The Hall–Kier alpha value is -3.15. The lowest BCUT2D eigenvalue weighted by Crippen LogP contribution is -2.07. The van der Waals surface area contributed by atoms with Crippen molar-refractivity contribution in [1.82, 2.24) is 15.0 Å². The first-order valence-corrected chi connectivity index (χ1v) is 7.18. The van der Waals surface area contributed by atoms with E-state index < -0.39 is 0 Å². The Balaban J connectivity index is 1.87. The van der Waals surface area contributed by atoms with E-state index in [0.717, 1.165) is 11.1 Å². The predicted octanol–water partition coefficient (Wildman–Crippen LogP) is 2.74. The first-order valence-electron chi connectivity index (χ1n) is 7.18. The molecule has 6 nitrogen and oxygen atoms in total. The predicted molar refractivity (Wildman–Crippen MR) is 90.0 cm³/mol. The van der Waals surface area contributed by atoms with Gasteiger partial charge in [0.2, 0.25) is 5.95 Å². The van der Waals surface area contributed by atoms with E-state index in [2.05, 4.69) is 20.3 Å². The summed E-state index contributed by atoms with van der Waals surface area (Å²) in [6, 6.07) is 17.7. The molecule has 116 valence electrons. The average molecular weight is 307 g/mol. The van der Waals surface area contributed by atoms with Crippen LogP contribution >= 0.6 is 0 Å². The summed E-state index contributed by atoms with van der Waals surface area (Å²) >= 11 is 0. The van der Waals surface area contributed by atoms with Crippen LogP contribution in [0, 0.1) is 0 Å². The smallest absolute Gasteiger partial charge is 0.321 e. The molecule has 3 N–H and O–H groups in total. The quantitative estimate of drug-likeness (QED) is 0.705. The highest BCUT2D eigenvalue weighted by Gasteiger charge is 2.09. The van der Waals surface area contributed by atoms with Crippen molar-refractivity contribution in [2.45, 2.75) is 6.54 Å². The molecular weight excluding hydrogens is 290 g/mol. The maximum atomic E-state index is 5.82. The van der Waals surface area contributed by atoms with Gasteiger partial charge in [0, 0.05) is 17.8 Å². The van der Waals surface area contributed by atoms with Gasteiger partial charge in [-0.1, -0.05) is 42.5 Å². The summed E-state index contributed by atoms with van der Waals surface area (Å²) < 4.78 is 5.17. The Bertz CT molecular complexity index is 792. The molecule has 0 radical (unpaired) electrons. The highest BCUT2D eigenvalue weighted by Crippen LogP contribution is 2.20. The molecule has 0 amide bonds. The number of methoxy groups -OCH3 is 1. The summed E-state index contributed by atoms with van der Waals surface area (Å²) in [6.45, 7) is 0.615. The number of nitrogens with two attached hydrogens (primary N) is 1. The minimum Gasteiger partial charge on any atom is -0.467 e. The molecule has 0 saturated carbocycles. The molecule has 0 unspecified atom stereocenters. The summed E-state index contributed by atoms with van der Waals surface area (Å²) in [5, 5.41) is 3.19. The van der Waals surface area contributed by atoms with Crippen molar-refractivity contribution in [3.63, 3.8) is 0 Å². The van der Waals surface area contributed by atoms with Crippen LogP contribution < -0.4 is 15.8 Å². The summed E-state index contributed by atoms with van der Waals surface area (Å²) in [6.07, 6.45) is 0. The second-order valence-electron chi connectivity index (χ2n) is 4.93. The fourth-order valence-electron chi connectivity index (χ4n) is 2.11. The lowest BCUT2D eigenvalue weighted by molar-refractivity contribution is 0.379. The minimum atomic E-state index is 0.257. The first kappa shape index (κ1) is 14.8. The number of rotatable bonds is 5. The number of nitrogen functional groups attached to an aromatic ring is 1. The van der Waals surface area contributed by atoms with Crippen molar-refractivity contribution in [2.24, 2.45) is 0 Å². The third kappa shape index (κ3) is 3.74. The van der Waals surface area contributed by atoms with Crippen LogP contribution in [0.4, 0.5) is 11.6 Å². The fraction of sp³-hybridized carbons (Fsp3) is 0.118. The molecule has 0 spiro atoms. The van der Waals surface area contributed by atoms with E-state index in [9.17, 15) is 0 Å². The number of nitrogens with one attached hydrogen (secondary N) is 1. The molecule has 0 atom stereocenters. The molecule has 3 aromatic rings. The molecule has 3 rings (SSSR count). The lowest BCUT2D eigenvalue weighted by Gasteiger charge is -2.08. The molecule has 1 aromatic heterocycles. The molecule has 2 aromatic carbocycles. The van der Waals surface area contributed by atoms with Crippen LogP contribution in [-0.4, -0.2) is 22.1 Å². The van der Waals surface area contributed by atoms with Gasteiger partial charge in [-0.3, -0.25) is 0 Å². The fourth-order valence-corrected chi connectivity index (χ4v) is 2.11. The van der Waals surface area contributed by atoms with Gasteiger partial charge < -0.3 is 15.8 Å². The monoisotopic (exact) mass is 307 g/mol. The second-order valence-corrected chi connectivity index (χ2v) is 4.93. The van der Waals surface area contributed by atoms with Crippen LogP contribution in [0.15, 0.2) is 54.6 Å². The van der Waals surface area contributed by atoms with Gasteiger partial charge in [0.15, 0.2) is 5.82 Å². The zero-order valence-corrected chi connectivity index (χ0v) is 12.7. The maximum Gasteiger partial charge on any atom is 0.321 e. The van der Waals surface area contributed by atoms with Gasteiger partial charge in [-0.05, 0) is 17.7 Å². The van der Waals surface area contributed by atoms with Crippen molar-refractivity contribution >= 4 is 11.6 Å². The highest BCUT2D eigenvalue weighted by atomic mass is 16.5. The van der Waals surface area contributed by atoms with E-state index in [-0.39, 0.29) is 6.01 Å². The van der Waals surface area contributed by atoms with Crippen molar-refractivity contribution in [3.05, 3.63) is 60.2 Å². The molecule has 0 saturated heterocycles. The van der Waals surface area contributed by atoms with Crippen LogP contribution in [0.5, 0.6) is 6.01 Å². The molecule has 0 aliphatic heterocycles. The lowest BCUT2D eigenvalue weighted by atomic mass is 10.2. The van der Waals surface area contributed by atoms with Crippen LogP contribution in [-0.2, 0) is 6.54 Å². The average Bonchev–Trinajstić information content (AvgIpc) is 2.60. The summed E-state index contributed by atoms with van der Waals surface area (Å²) in [5.41, 5.74) is 8.42. The van der Waals surface area contributed by atoms with E-state index in [1.807, 2.05) is 54.6 Å². The van der Waals surface area contributed by atoms with Gasteiger partial charge in [0.05, 0.1) is 7.11 Å². The summed E-state index contributed by atoms with van der Waals surface area (Å²) in [7, 11) is 1.53. The molecule has 0 aliphatic rings. The standard InChI is InChI=1S/C17H17N5O/c1-23-17-21-15(13-8-5-9-14(18)10-13)20-16(22-17)19-11-12-6-3-2-4-7-12/h2-10H,11,18H2,1H3,(H,19,20,21,22). The van der Waals surface area contributed by atoms with Gasteiger partial charge >= 0.3 is 6.01 Å². The summed E-state index contributed by atoms with van der Waals surface area (Å²) in [5.74, 6) is 0.970. The van der Waals surface area contributed by atoms with Crippen molar-refractivity contribution in [3.8, 4) is 17.4 Å². The Kier molecular flexibility index (Phi) is 4.33. The SMILES string of the molecule is COc1nc(NCc2ccccc2)nc(-c2cccc(N)c2)n1. The van der Waals surface area contributed by atoms with Crippen molar-refractivity contribution in [1.29, 1.82) is 0 Å². The molecule has 23 heavy (non-hydrogen) atoms. The second kappa shape index (κ2) is 6.74. The third-order valence-electron chi connectivity index (χ3n) is 3.24. The minimum absolute atomic E-state index is 0.257. The van der Waals surface area contributed by atoms with Gasteiger partial charge in [0.1, 0.15) is 0 Å². The van der Waals surface area contributed by atoms with Gasteiger partial charge in [-0.2, -0.15) is 15.0 Å². The van der Waals surface area contributed by atoms with E-state index in [1.54, 1.807) is 0 Å².